The van der Waals surface area contributed by atoms with Gasteiger partial charge >= 0.3 is 5.97 Å². The highest BCUT2D eigenvalue weighted by molar-refractivity contribution is 5.82. The van der Waals surface area contributed by atoms with Crippen molar-refractivity contribution in [2.45, 2.75) is 58.3 Å². The van der Waals surface area contributed by atoms with Gasteiger partial charge in [-0.1, -0.05) is 16.7 Å². The van der Waals surface area contributed by atoms with Crippen LogP contribution in [0.4, 0.5) is 0 Å². The highest BCUT2D eigenvalue weighted by Gasteiger charge is 2.17. The van der Waals surface area contributed by atoms with Crippen molar-refractivity contribution in [3.63, 3.8) is 0 Å². The molecule has 2 aliphatic carbocycles. The van der Waals surface area contributed by atoms with Crippen molar-refractivity contribution in [2.24, 2.45) is 0 Å². The standard InChI is InChI=1S/C15H22O2/c1-2-17-15(16)11-12-6-5-9-13-7-3-4-8-14(13)10-12/h11H,2-10H2,1H3/b12-11-. The topological polar surface area (TPSA) is 26.3 Å². The lowest BCUT2D eigenvalue weighted by molar-refractivity contribution is -0.137. The van der Waals surface area contributed by atoms with Crippen LogP contribution in [0.15, 0.2) is 22.8 Å². The van der Waals surface area contributed by atoms with E-state index in [1.54, 1.807) is 17.2 Å². The summed E-state index contributed by atoms with van der Waals surface area (Å²) >= 11 is 0. The van der Waals surface area contributed by atoms with E-state index in [9.17, 15) is 4.79 Å². The Balaban J connectivity index is 2.06. The fourth-order valence-electron chi connectivity index (χ4n) is 2.91. The maximum atomic E-state index is 11.5. The minimum absolute atomic E-state index is 0.164. The van der Waals surface area contributed by atoms with Gasteiger partial charge in [0.2, 0.25) is 0 Å². The van der Waals surface area contributed by atoms with Crippen LogP contribution in [0.2, 0.25) is 0 Å². The molecule has 0 aromatic carbocycles. The molecule has 0 atom stereocenters. The van der Waals surface area contributed by atoms with E-state index < -0.39 is 0 Å². The smallest absolute Gasteiger partial charge is 0.330 e. The number of allylic oxidation sites excluding steroid dienone is 3. The highest BCUT2D eigenvalue weighted by Crippen LogP contribution is 2.36. The molecule has 0 saturated carbocycles. The van der Waals surface area contributed by atoms with Crippen LogP contribution in [-0.4, -0.2) is 12.6 Å². The lowest BCUT2D eigenvalue weighted by Crippen LogP contribution is -2.02. The third kappa shape index (κ3) is 3.45. The normalized spacial score (nSPS) is 23.2. The average Bonchev–Trinajstić information content (AvgIpc) is 2.50. The molecular weight excluding hydrogens is 212 g/mol. The molecule has 0 unspecified atom stereocenters. The summed E-state index contributed by atoms with van der Waals surface area (Å²) in [4.78, 5) is 11.5. The van der Waals surface area contributed by atoms with E-state index in [0.717, 1.165) is 12.8 Å². The molecule has 0 heterocycles. The summed E-state index contributed by atoms with van der Waals surface area (Å²) in [6.45, 7) is 2.32. The Bertz CT molecular complexity index is 350. The maximum absolute atomic E-state index is 11.5. The fourth-order valence-corrected chi connectivity index (χ4v) is 2.91. The first-order chi connectivity index (χ1) is 8.29. The largest absolute Gasteiger partial charge is 0.463 e. The molecule has 0 aliphatic heterocycles. The van der Waals surface area contributed by atoms with E-state index in [-0.39, 0.29) is 5.97 Å². The first kappa shape index (κ1) is 12.4. The molecule has 17 heavy (non-hydrogen) atoms. The van der Waals surface area contributed by atoms with Gasteiger partial charge in [0, 0.05) is 6.08 Å². The van der Waals surface area contributed by atoms with Gasteiger partial charge in [0.1, 0.15) is 0 Å². The Kier molecular flexibility index (Phi) is 4.41. The van der Waals surface area contributed by atoms with Crippen LogP contribution >= 0.6 is 0 Å². The molecule has 0 spiro atoms. The minimum atomic E-state index is -0.164. The lowest BCUT2D eigenvalue weighted by Gasteiger charge is -2.18. The van der Waals surface area contributed by atoms with Crippen LogP contribution in [0.25, 0.3) is 0 Å². The Morgan fingerprint density at radius 1 is 1.12 bits per heavy atom. The maximum Gasteiger partial charge on any atom is 0.330 e. The summed E-state index contributed by atoms with van der Waals surface area (Å²) in [5, 5.41) is 0. The lowest BCUT2D eigenvalue weighted by atomic mass is 9.88. The second-order valence-electron chi connectivity index (χ2n) is 5.00. The molecule has 0 amide bonds. The van der Waals surface area contributed by atoms with Gasteiger partial charge in [-0.25, -0.2) is 4.79 Å². The van der Waals surface area contributed by atoms with E-state index in [1.807, 2.05) is 6.92 Å². The van der Waals surface area contributed by atoms with Gasteiger partial charge in [0.15, 0.2) is 0 Å². The summed E-state index contributed by atoms with van der Waals surface area (Å²) in [5.41, 5.74) is 4.57. The summed E-state index contributed by atoms with van der Waals surface area (Å²) in [7, 11) is 0. The monoisotopic (exact) mass is 234 g/mol. The van der Waals surface area contributed by atoms with Crippen molar-refractivity contribution in [1.82, 2.24) is 0 Å². The molecule has 2 nitrogen and oxygen atoms in total. The van der Waals surface area contributed by atoms with Crippen molar-refractivity contribution >= 4 is 5.97 Å². The Labute approximate surface area is 104 Å². The molecule has 0 fully saturated rings. The molecule has 94 valence electrons. The van der Waals surface area contributed by atoms with Gasteiger partial charge in [0.25, 0.3) is 0 Å². The van der Waals surface area contributed by atoms with Crippen LogP contribution in [0.5, 0.6) is 0 Å². The Hall–Kier alpha value is -1.05. The summed E-state index contributed by atoms with van der Waals surface area (Å²) in [6, 6.07) is 0. The van der Waals surface area contributed by atoms with Crippen molar-refractivity contribution in [1.29, 1.82) is 0 Å². The van der Waals surface area contributed by atoms with Crippen molar-refractivity contribution < 1.29 is 9.53 Å². The molecule has 0 saturated heterocycles. The predicted octanol–water partition coefficient (Wildman–Crippen LogP) is 3.92. The molecule has 0 bridgehead atoms. The number of ether oxygens (including phenoxy) is 1. The number of hydrogen-bond acceptors (Lipinski definition) is 2. The number of esters is 1. The third-order valence-electron chi connectivity index (χ3n) is 3.73. The molecule has 0 N–H and O–H groups in total. The summed E-state index contributed by atoms with van der Waals surface area (Å²) < 4.78 is 4.99. The molecule has 2 heteroatoms. The molecule has 0 aromatic heterocycles. The van der Waals surface area contributed by atoms with Crippen LogP contribution in [0.1, 0.15) is 58.3 Å². The molecule has 0 radical (unpaired) electrons. The molecular formula is C15H22O2. The average molecular weight is 234 g/mol. The van der Waals surface area contributed by atoms with Gasteiger partial charge < -0.3 is 4.74 Å². The zero-order valence-corrected chi connectivity index (χ0v) is 10.8. The summed E-state index contributed by atoms with van der Waals surface area (Å²) in [5.74, 6) is -0.164. The zero-order valence-electron chi connectivity index (χ0n) is 10.8. The van der Waals surface area contributed by atoms with Gasteiger partial charge in [0.05, 0.1) is 6.61 Å². The minimum Gasteiger partial charge on any atom is -0.463 e. The number of carbonyl (C=O) groups excluding carboxylic acids is 1. The van der Waals surface area contributed by atoms with Crippen molar-refractivity contribution in [2.75, 3.05) is 6.61 Å². The molecule has 2 rings (SSSR count). The van der Waals surface area contributed by atoms with Gasteiger partial charge in [-0.15, -0.1) is 0 Å². The SMILES string of the molecule is CCOC(=O)/C=C1/CCCC2=C(CCCC2)C1. The van der Waals surface area contributed by atoms with Crippen LogP contribution in [0, 0.1) is 0 Å². The van der Waals surface area contributed by atoms with Gasteiger partial charge in [-0.2, -0.15) is 0 Å². The predicted molar refractivity (Wildman–Crippen MR) is 68.7 cm³/mol. The van der Waals surface area contributed by atoms with E-state index in [4.69, 9.17) is 4.74 Å². The van der Waals surface area contributed by atoms with Crippen molar-refractivity contribution in [3.05, 3.63) is 22.8 Å². The fraction of sp³-hybridized carbons (Fsp3) is 0.667. The number of rotatable bonds is 2. The van der Waals surface area contributed by atoms with E-state index >= 15 is 0 Å². The number of carbonyl (C=O) groups is 1. The molecule has 0 aromatic rings. The first-order valence-electron chi connectivity index (χ1n) is 6.85. The highest BCUT2D eigenvalue weighted by atomic mass is 16.5. The van der Waals surface area contributed by atoms with Crippen LogP contribution in [0.3, 0.4) is 0 Å². The van der Waals surface area contributed by atoms with Gasteiger partial charge in [-0.3, -0.25) is 0 Å². The molecule has 2 aliphatic rings. The van der Waals surface area contributed by atoms with Gasteiger partial charge in [-0.05, 0) is 58.3 Å². The van der Waals surface area contributed by atoms with E-state index in [2.05, 4.69) is 0 Å². The second-order valence-corrected chi connectivity index (χ2v) is 5.00. The van der Waals surface area contributed by atoms with Crippen LogP contribution in [-0.2, 0) is 9.53 Å². The second kappa shape index (κ2) is 6.04. The van der Waals surface area contributed by atoms with Crippen molar-refractivity contribution in [3.8, 4) is 0 Å². The first-order valence-corrected chi connectivity index (χ1v) is 6.85. The van der Waals surface area contributed by atoms with E-state index in [1.165, 1.54) is 44.1 Å². The Morgan fingerprint density at radius 3 is 2.59 bits per heavy atom. The zero-order chi connectivity index (χ0) is 12.1. The van der Waals surface area contributed by atoms with E-state index in [0.29, 0.717) is 6.61 Å². The number of hydrogen-bond donors (Lipinski definition) is 0. The quantitative estimate of drug-likeness (QED) is 0.411. The Morgan fingerprint density at radius 2 is 1.82 bits per heavy atom. The summed E-state index contributed by atoms with van der Waals surface area (Å²) in [6.07, 6.45) is 11.5. The van der Waals surface area contributed by atoms with Crippen LogP contribution < -0.4 is 0 Å². The third-order valence-corrected chi connectivity index (χ3v) is 3.73.